The summed E-state index contributed by atoms with van der Waals surface area (Å²) in [6, 6.07) is 11.0. The Kier molecular flexibility index (Phi) is 12.3. The molecule has 0 aliphatic rings. The fraction of sp³-hybridized carbons (Fsp3) is 0.519. The van der Waals surface area contributed by atoms with E-state index in [1.807, 2.05) is 0 Å². The van der Waals surface area contributed by atoms with Crippen LogP contribution in [0.1, 0.15) is 88.4 Å². The SMILES string of the molecule is CCCCCCCOc1ccc(C(=O)Oc2ccc(OCCCCCCC)c(F)c2)cc1. The fourth-order valence-corrected chi connectivity index (χ4v) is 3.30. The first kappa shape index (κ1) is 25.7. The lowest BCUT2D eigenvalue weighted by atomic mass is 10.2. The molecule has 0 spiro atoms. The van der Waals surface area contributed by atoms with Crippen LogP contribution in [0.2, 0.25) is 0 Å². The van der Waals surface area contributed by atoms with Gasteiger partial charge in [0.15, 0.2) is 11.6 Å². The lowest BCUT2D eigenvalue weighted by molar-refractivity contribution is 0.0734. The third-order valence-corrected chi connectivity index (χ3v) is 5.23. The summed E-state index contributed by atoms with van der Waals surface area (Å²) < 4.78 is 30.8. The molecule has 0 bridgehead atoms. The van der Waals surface area contributed by atoms with Gasteiger partial charge in [0.1, 0.15) is 11.5 Å². The van der Waals surface area contributed by atoms with Gasteiger partial charge in [0.25, 0.3) is 0 Å². The summed E-state index contributed by atoms with van der Waals surface area (Å²) in [5.41, 5.74) is 0.383. The molecule has 0 aliphatic carbocycles. The second kappa shape index (κ2) is 15.3. The predicted octanol–water partition coefficient (Wildman–Crippen LogP) is 7.74. The van der Waals surface area contributed by atoms with Gasteiger partial charge >= 0.3 is 5.97 Å². The molecule has 0 radical (unpaired) electrons. The van der Waals surface area contributed by atoms with Gasteiger partial charge in [-0.2, -0.15) is 0 Å². The van der Waals surface area contributed by atoms with Crippen LogP contribution in [0.25, 0.3) is 0 Å². The molecular formula is C27H37FO4. The quantitative estimate of drug-likeness (QED) is 0.151. The molecule has 32 heavy (non-hydrogen) atoms. The molecule has 0 aliphatic heterocycles. The van der Waals surface area contributed by atoms with Crippen LogP contribution in [-0.2, 0) is 0 Å². The number of unbranched alkanes of at least 4 members (excludes halogenated alkanes) is 8. The molecule has 0 aromatic heterocycles. The first-order chi connectivity index (χ1) is 15.6. The smallest absolute Gasteiger partial charge is 0.343 e. The van der Waals surface area contributed by atoms with Gasteiger partial charge in [-0.25, -0.2) is 9.18 Å². The van der Waals surface area contributed by atoms with Gasteiger partial charge in [-0.15, -0.1) is 0 Å². The number of ether oxygens (including phenoxy) is 3. The summed E-state index contributed by atoms with van der Waals surface area (Å²) >= 11 is 0. The Balaban J connectivity index is 1.76. The number of carbonyl (C=O) groups is 1. The molecule has 2 aromatic rings. The number of rotatable bonds is 16. The molecule has 2 rings (SSSR count). The van der Waals surface area contributed by atoms with E-state index in [4.69, 9.17) is 14.2 Å². The van der Waals surface area contributed by atoms with E-state index in [1.165, 1.54) is 50.7 Å². The molecule has 0 saturated heterocycles. The number of benzene rings is 2. The van der Waals surface area contributed by atoms with Crippen molar-refractivity contribution in [1.29, 1.82) is 0 Å². The van der Waals surface area contributed by atoms with E-state index in [0.29, 0.717) is 18.8 Å². The van der Waals surface area contributed by atoms with E-state index in [2.05, 4.69) is 13.8 Å². The van der Waals surface area contributed by atoms with E-state index in [1.54, 1.807) is 30.3 Å². The largest absolute Gasteiger partial charge is 0.494 e. The molecule has 0 heterocycles. The first-order valence-electron chi connectivity index (χ1n) is 12.0. The van der Waals surface area contributed by atoms with Crippen molar-refractivity contribution in [2.24, 2.45) is 0 Å². The van der Waals surface area contributed by atoms with E-state index in [0.717, 1.165) is 31.4 Å². The average Bonchev–Trinajstić information content (AvgIpc) is 2.80. The average molecular weight is 445 g/mol. The van der Waals surface area contributed by atoms with Gasteiger partial charge in [0, 0.05) is 6.07 Å². The highest BCUT2D eigenvalue weighted by molar-refractivity contribution is 5.91. The summed E-state index contributed by atoms with van der Waals surface area (Å²) in [5, 5.41) is 0. The Labute approximate surface area is 192 Å². The van der Waals surface area contributed by atoms with E-state index in [-0.39, 0.29) is 11.5 Å². The van der Waals surface area contributed by atoms with Crippen LogP contribution in [0, 0.1) is 5.82 Å². The maximum Gasteiger partial charge on any atom is 0.343 e. The molecule has 0 fully saturated rings. The lowest BCUT2D eigenvalue weighted by Crippen LogP contribution is -2.09. The van der Waals surface area contributed by atoms with Gasteiger partial charge in [-0.1, -0.05) is 65.2 Å². The summed E-state index contributed by atoms with van der Waals surface area (Å²) in [7, 11) is 0. The number of hydrogen-bond donors (Lipinski definition) is 0. The molecule has 0 saturated carbocycles. The zero-order valence-electron chi connectivity index (χ0n) is 19.5. The second-order valence-electron chi connectivity index (χ2n) is 8.03. The van der Waals surface area contributed by atoms with Gasteiger partial charge < -0.3 is 14.2 Å². The van der Waals surface area contributed by atoms with Crippen LogP contribution in [0.4, 0.5) is 4.39 Å². The molecular weight excluding hydrogens is 407 g/mol. The van der Waals surface area contributed by atoms with Crippen molar-refractivity contribution in [3.05, 3.63) is 53.8 Å². The molecule has 0 N–H and O–H groups in total. The van der Waals surface area contributed by atoms with Gasteiger partial charge in [-0.05, 0) is 49.2 Å². The Morgan fingerprint density at radius 2 is 1.28 bits per heavy atom. The fourth-order valence-electron chi connectivity index (χ4n) is 3.30. The van der Waals surface area contributed by atoms with Crippen molar-refractivity contribution < 1.29 is 23.4 Å². The van der Waals surface area contributed by atoms with E-state index in [9.17, 15) is 9.18 Å². The molecule has 0 unspecified atom stereocenters. The second-order valence-corrected chi connectivity index (χ2v) is 8.03. The number of esters is 1. The Hall–Kier alpha value is -2.56. The molecule has 5 heteroatoms. The standard InChI is InChI=1S/C27H37FO4/c1-3-5-7-9-11-19-30-23-15-13-22(14-16-23)27(29)32-24-17-18-26(25(28)21-24)31-20-12-10-8-6-4-2/h13-18,21H,3-12,19-20H2,1-2H3. The third-order valence-electron chi connectivity index (χ3n) is 5.23. The van der Waals surface area contributed by atoms with Gasteiger partial charge in [-0.3, -0.25) is 0 Å². The summed E-state index contributed by atoms with van der Waals surface area (Å²) in [6.45, 7) is 5.51. The molecule has 2 aromatic carbocycles. The van der Waals surface area contributed by atoms with E-state index >= 15 is 0 Å². The van der Waals surface area contributed by atoms with Crippen molar-refractivity contribution in [3.63, 3.8) is 0 Å². The Bertz CT molecular complexity index is 789. The predicted molar refractivity (Wildman–Crippen MR) is 126 cm³/mol. The van der Waals surface area contributed by atoms with Crippen LogP contribution in [0.3, 0.4) is 0 Å². The van der Waals surface area contributed by atoms with Crippen molar-refractivity contribution in [2.75, 3.05) is 13.2 Å². The maximum atomic E-state index is 14.3. The van der Waals surface area contributed by atoms with Crippen LogP contribution in [-0.4, -0.2) is 19.2 Å². The topological polar surface area (TPSA) is 44.8 Å². The highest BCUT2D eigenvalue weighted by atomic mass is 19.1. The molecule has 4 nitrogen and oxygen atoms in total. The van der Waals surface area contributed by atoms with Gasteiger partial charge in [0.2, 0.25) is 0 Å². The summed E-state index contributed by atoms with van der Waals surface area (Å²) in [5.74, 6) is -0.0300. The summed E-state index contributed by atoms with van der Waals surface area (Å²) in [6.07, 6.45) is 11.4. The molecule has 0 amide bonds. The minimum Gasteiger partial charge on any atom is -0.494 e. The van der Waals surface area contributed by atoms with Crippen molar-refractivity contribution in [2.45, 2.75) is 78.1 Å². The Morgan fingerprint density at radius 1 is 0.719 bits per heavy atom. The van der Waals surface area contributed by atoms with Crippen LogP contribution in [0.5, 0.6) is 17.2 Å². The van der Waals surface area contributed by atoms with Crippen molar-refractivity contribution in [1.82, 2.24) is 0 Å². The number of halogens is 1. The Morgan fingerprint density at radius 3 is 1.88 bits per heavy atom. The van der Waals surface area contributed by atoms with E-state index < -0.39 is 11.8 Å². The third kappa shape index (κ3) is 9.71. The lowest BCUT2D eigenvalue weighted by Gasteiger charge is -2.10. The first-order valence-corrected chi connectivity index (χ1v) is 12.0. The van der Waals surface area contributed by atoms with Crippen LogP contribution >= 0.6 is 0 Å². The van der Waals surface area contributed by atoms with Crippen LogP contribution in [0.15, 0.2) is 42.5 Å². The number of hydrogen-bond acceptors (Lipinski definition) is 4. The zero-order chi connectivity index (χ0) is 23.0. The zero-order valence-corrected chi connectivity index (χ0v) is 19.5. The molecule has 0 atom stereocenters. The molecule has 176 valence electrons. The summed E-state index contributed by atoms with van der Waals surface area (Å²) in [4.78, 5) is 12.4. The highest BCUT2D eigenvalue weighted by Crippen LogP contribution is 2.24. The minimum absolute atomic E-state index is 0.148. The van der Waals surface area contributed by atoms with Crippen LogP contribution < -0.4 is 14.2 Å². The maximum absolute atomic E-state index is 14.3. The number of carbonyl (C=O) groups excluding carboxylic acids is 1. The monoisotopic (exact) mass is 444 g/mol. The van der Waals surface area contributed by atoms with Gasteiger partial charge in [0.05, 0.1) is 18.8 Å². The van der Waals surface area contributed by atoms with Crippen molar-refractivity contribution in [3.8, 4) is 17.2 Å². The van der Waals surface area contributed by atoms with Crippen molar-refractivity contribution >= 4 is 5.97 Å². The minimum atomic E-state index is -0.542. The highest BCUT2D eigenvalue weighted by Gasteiger charge is 2.12. The normalized spacial score (nSPS) is 10.7.